The van der Waals surface area contributed by atoms with Crippen LogP contribution in [0.5, 0.6) is 0 Å². The van der Waals surface area contributed by atoms with E-state index in [2.05, 4.69) is 0 Å². The smallest absolute Gasteiger partial charge is 0.404 e. The molecule has 0 fully saturated rings. The molecule has 2 aromatic carbocycles. The number of carbonyl (C=O) groups excluding carboxylic acids is 1. The quantitative estimate of drug-likeness (QED) is 0.690. The lowest BCUT2D eigenvalue weighted by Crippen LogP contribution is -2.39. The lowest BCUT2D eigenvalue weighted by atomic mass is 9.96. The lowest BCUT2D eigenvalue weighted by molar-refractivity contribution is -0.000375. The van der Waals surface area contributed by atoms with E-state index in [0.29, 0.717) is 19.3 Å². The van der Waals surface area contributed by atoms with Crippen LogP contribution < -0.4 is 11.5 Å². The van der Waals surface area contributed by atoms with Crippen molar-refractivity contribution in [3.63, 3.8) is 0 Å². The van der Waals surface area contributed by atoms with Crippen molar-refractivity contribution in [3.8, 4) is 0 Å². The number of aliphatic hydroxyl groups excluding tert-OH is 1. The van der Waals surface area contributed by atoms with E-state index in [1.165, 1.54) is 0 Å². The van der Waals surface area contributed by atoms with E-state index < -0.39 is 18.3 Å². The molecule has 0 aliphatic heterocycles. The molecule has 2 aromatic rings. The average Bonchev–Trinajstić information content (AvgIpc) is 2.55. The Hall–Kier alpha value is -2.37. The molecule has 128 valence electrons. The highest BCUT2D eigenvalue weighted by Gasteiger charge is 2.25. The summed E-state index contributed by atoms with van der Waals surface area (Å²) < 4.78 is 5.10. The van der Waals surface area contributed by atoms with Gasteiger partial charge in [-0.25, -0.2) is 4.79 Å². The molecule has 0 spiro atoms. The molecule has 1 amide bonds. The van der Waals surface area contributed by atoms with E-state index in [1.54, 1.807) is 0 Å². The fourth-order valence-corrected chi connectivity index (χ4v) is 2.71. The van der Waals surface area contributed by atoms with Crippen LogP contribution in [0.15, 0.2) is 60.7 Å². The van der Waals surface area contributed by atoms with Crippen molar-refractivity contribution in [2.45, 2.75) is 37.5 Å². The van der Waals surface area contributed by atoms with Gasteiger partial charge in [0.25, 0.3) is 0 Å². The lowest BCUT2D eigenvalue weighted by Gasteiger charge is -2.25. The molecule has 0 aromatic heterocycles. The second-order valence-corrected chi connectivity index (χ2v) is 5.92. The SMILES string of the molecule is NC(=O)O[C@@H](Cc1ccccc1)[C@H](O)C[C@@H](N)Cc1ccccc1. The summed E-state index contributed by atoms with van der Waals surface area (Å²) in [4.78, 5) is 11.1. The van der Waals surface area contributed by atoms with E-state index >= 15 is 0 Å². The number of amides is 1. The van der Waals surface area contributed by atoms with E-state index in [9.17, 15) is 9.90 Å². The monoisotopic (exact) mass is 328 g/mol. The molecule has 24 heavy (non-hydrogen) atoms. The molecule has 0 unspecified atom stereocenters. The number of hydrogen-bond acceptors (Lipinski definition) is 4. The topological polar surface area (TPSA) is 98.6 Å². The van der Waals surface area contributed by atoms with Crippen LogP contribution in [0.3, 0.4) is 0 Å². The van der Waals surface area contributed by atoms with Gasteiger partial charge in [0.15, 0.2) is 0 Å². The van der Waals surface area contributed by atoms with Gasteiger partial charge in [-0.15, -0.1) is 0 Å². The minimum atomic E-state index is -0.897. The first-order valence-corrected chi connectivity index (χ1v) is 8.02. The highest BCUT2D eigenvalue weighted by molar-refractivity contribution is 5.64. The molecule has 0 aliphatic rings. The Morgan fingerprint density at radius 3 is 1.96 bits per heavy atom. The molecule has 2 rings (SSSR count). The zero-order valence-corrected chi connectivity index (χ0v) is 13.5. The number of aliphatic hydroxyl groups is 1. The summed E-state index contributed by atoms with van der Waals surface area (Å²) in [6, 6.07) is 19.1. The van der Waals surface area contributed by atoms with Crippen LogP contribution in [0, 0.1) is 0 Å². The molecule has 0 saturated carbocycles. The zero-order chi connectivity index (χ0) is 17.4. The van der Waals surface area contributed by atoms with E-state index in [-0.39, 0.29) is 6.04 Å². The maximum atomic E-state index is 11.1. The van der Waals surface area contributed by atoms with Crippen molar-refractivity contribution in [3.05, 3.63) is 71.8 Å². The van der Waals surface area contributed by atoms with Crippen LogP contribution in [0.25, 0.3) is 0 Å². The van der Waals surface area contributed by atoms with E-state index in [4.69, 9.17) is 16.2 Å². The Labute approximate surface area is 142 Å². The van der Waals surface area contributed by atoms with E-state index in [0.717, 1.165) is 11.1 Å². The van der Waals surface area contributed by atoms with Gasteiger partial charge in [0.05, 0.1) is 6.10 Å². The molecule has 0 saturated heterocycles. The fraction of sp³-hybridized carbons (Fsp3) is 0.316. The third-order valence-corrected chi connectivity index (χ3v) is 3.86. The highest BCUT2D eigenvalue weighted by Crippen LogP contribution is 2.15. The van der Waals surface area contributed by atoms with Crippen molar-refractivity contribution in [2.75, 3.05) is 0 Å². The van der Waals surface area contributed by atoms with Crippen molar-refractivity contribution >= 4 is 6.09 Å². The van der Waals surface area contributed by atoms with Crippen molar-refractivity contribution in [2.24, 2.45) is 11.5 Å². The molecule has 5 heteroatoms. The summed E-state index contributed by atoms with van der Waals surface area (Å²) in [6.07, 6.45) is -1.13. The van der Waals surface area contributed by atoms with Crippen LogP contribution in [0.1, 0.15) is 17.5 Å². The normalized spacial score (nSPS) is 14.6. The molecule has 0 radical (unpaired) electrons. The number of ether oxygens (including phenoxy) is 1. The maximum absolute atomic E-state index is 11.1. The first kappa shape index (κ1) is 18.0. The Kier molecular flexibility index (Phi) is 6.78. The summed E-state index contributed by atoms with van der Waals surface area (Å²) in [5.41, 5.74) is 13.3. The average molecular weight is 328 g/mol. The van der Waals surface area contributed by atoms with Crippen molar-refractivity contribution < 1.29 is 14.6 Å². The molecule has 5 N–H and O–H groups in total. The number of primary amides is 1. The molecule has 0 bridgehead atoms. The predicted molar refractivity (Wildman–Crippen MR) is 93.3 cm³/mol. The molecular weight excluding hydrogens is 304 g/mol. The maximum Gasteiger partial charge on any atom is 0.404 e. The standard InChI is InChI=1S/C19H24N2O3/c20-16(11-14-7-3-1-4-8-14)13-17(22)18(24-19(21)23)12-15-9-5-2-6-10-15/h1-10,16-18,22H,11-13,20H2,(H2,21,23)/t16-,17+,18-/m0/s1. The second-order valence-electron chi connectivity index (χ2n) is 5.92. The number of rotatable bonds is 8. The van der Waals surface area contributed by atoms with Crippen LogP contribution in [-0.4, -0.2) is 29.4 Å². The summed E-state index contributed by atoms with van der Waals surface area (Å²) in [6.45, 7) is 0. The van der Waals surface area contributed by atoms with Gasteiger partial charge in [0, 0.05) is 12.5 Å². The minimum Gasteiger partial charge on any atom is -0.443 e. The molecule has 0 aliphatic carbocycles. The van der Waals surface area contributed by atoms with Gasteiger partial charge in [-0.05, 0) is 24.0 Å². The molecule has 5 nitrogen and oxygen atoms in total. The Morgan fingerprint density at radius 2 is 1.46 bits per heavy atom. The zero-order valence-electron chi connectivity index (χ0n) is 13.5. The van der Waals surface area contributed by atoms with Gasteiger partial charge in [-0.3, -0.25) is 0 Å². The van der Waals surface area contributed by atoms with Gasteiger partial charge in [-0.1, -0.05) is 60.7 Å². The van der Waals surface area contributed by atoms with Gasteiger partial charge >= 0.3 is 6.09 Å². The third kappa shape index (κ3) is 6.02. The Balaban J connectivity index is 1.96. The molecule has 0 heterocycles. The number of benzene rings is 2. The van der Waals surface area contributed by atoms with Crippen molar-refractivity contribution in [1.82, 2.24) is 0 Å². The molecular formula is C19H24N2O3. The van der Waals surface area contributed by atoms with Crippen molar-refractivity contribution in [1.29, 1.82) is 0 Å². The first-order valence-electron chi connectivity index (χ1n) is 8.02. The highest BCUT2D eigenvalue weighted by atomic mass is 16.6. The number of carbonyl (C=O) groups is 1. The Bertz CT molecular complexity index is 619. The second kappa shape index (κ2) is 9.05. The fourth-order valence-electron chi connectivity index (χ4n) is 2.71. The summed E-state index contributed by atoms with van der Waals surface area (Å²) in [7, 11) is 0. The van der Waals surface area contributed by atoms with Gasteiger partial charge < -0.3 is 21.3 Å². The Morgan fingerprint density at radius 1 is 0.958 bits per heavy atom. The minimum absolute atomic E-state index is 0.239. The van der Waals surface area contributed by atoms with Crippen LogP contribution >= 0.6 is 0 Å². The number of hydrogen-bond donors (Lipinski definition) is 3. The van der Waals surface area contributed by atoms with Gasteiger partial charge in [-0.2, -0.15) is 0 Å². The third-order valence-electron chi connectivity index (χ3n) is 3.86. The summed E-state index contributed by atoms with van der Waals surface area (Å²) in [5, 5.41) is 10.5. The van der Waals surface area contributed by atoms with E-state index in [1.807, 2.05) is 60.7 Å². The van der Waals surface area contributed by atoms with Crippen LogP contribution in [0.2, 0.25) is 0 Å². The van der Waals surface area contributed by atoms with Gasteiger partial charge in [0.1, 0.15) is 6.10 Å². The summed E-state index contributed by atoms with van der Waals surface area (Å²) >= 11 is 0. The molecule has 3 atom stereocenters. The first-order chi connectivity index (χ1) is 11.5. The predicted octanol–water partition coefficient (Wildman–Crippen LogP) is 2.01. The summed E-state index contributed by atoms with van der Waals surface area (Å²) in [5.74, 6) is 0. The van der Waals surface area contributed by atoms with Gasteiger partial charge in [0.2, 0.25) is 0 Å². The largest absolute Gasteiger partial charge is 0.443 e. The number of nitrogens with two attached hydrogens (primary N) is 2. The van der Waals surface area contributed by atoms with Crippen LogP contribution in [0.4, 0.5) is 4.79 Å². The van der Waals surface area contributed by atoms with Crippen LogP contribution in [-0.2, 0) is 17.6 Å².